The van der Waals surface area contributed by atoms with E-state index in [2.05, 4.69) is 20.6 Å². The van der Waals surface area contributed by atoms with Gasteiger partial charge in [-0.3, -0.25) is 14.4 Å². The molecule has 1 aliphatic rings. The molecule has 0 saturated carbocycles. The van der Waals surface area contributed by atoms with E-state index in [0.717, 1.165) is 5.56 Å². The van der Waals surface area contributed by atoms with Crippen molar-refractivity contribution >= 4 is 46.7 Å². The number of aryl methyl sites for hydroxylation is 1. The summed E-state index contributed by atoms with van der Waals surface area (Å²) in [6, 6.07) is 5.12. The molecule has 1 atom stereocenters. The highest BCUT2D eigenvalue weighted by molar-refractivity contribution is 7.98. The molecule has 1 aliphatic heterocycles. The number of carbonyl (C=O) groups is 2. The molecule has 0 aliphatic carbocycles. The number of carbonyl (C=O) groups excluding carboxylic acids is 2. The molecular formula is C16H15ClN4O3S. The molecule has 0 saturated heterocycles. The van der Waals surface area contributed by atoms with Gasteiger partial charge in [-0.25, -0.2) is 4.98 Å². The Morgan fingerprint density at radius 1 is 1.40 bits per heavy atom. The van der Waals surface area contributed by atoms with Crippen LogP contribution < -0.4 is 16.2 Å². The van der Waals surface area contributed by atoms with Gasteiger partial charge in [0.15, 0.2) is 5.16 Å². The summed E-state index contributed by atoms with van der Waals surface area (Å²) in [6.07, 6.45) is 1.63. The fraction of sp³-hybridized carbons (Fsp3) is 0.250. The minimum atomic E-state index is -0.922. The van der Waals surface area contributed by atoms with Crippen molar-refractivity contribution in [3.05, 3.63) is 44.7 Å². The molecule has 25 heavy (non-hydrogen) atoms. The Morgan fingerprint density at radius 3 is 2.88 bits per heavy atom. The topological polar surface area (TPSA) is 104 Å². The number of halogens is 1. The zero-order valence-corrected chi connectivity index (χ0v) is 15.0. The largest absolute Gasteiger partial charge is 0.325 e. The quantitative estimate of drug-likeness (QED) is 0.562. The van der Waals surface area contributed by atoms with Crippen molar-refractivity contribution in [2.24, 2.45) is 0 Å². The highest BCUT2D eigenvalue weighted by Gasteiger charge is 2.34. The molecule has 0 spiro atoms. The summed E-state index contributed by atoms with van der Waals surface area (Å²) >= 11 is 7.21. The Balaban J connectivity index is 1.98. The summed E-state index contributed by atoms with van der Waals surface area (Å²) in [5, 5.41) is 6.16. The number of fused-ring (bicyclic) bond motifs is 1. The van der Waals surface area contributed by atoms with Crippen LogP contribution in [0.25, 0.3) is 0 Å². The van der Waals surface area contributed by atoms with Gasteiger partial charge >= 0.3 is 0 Å². The molecule has 1 aromatic carbocycles. The van der Waals surface area contributed by atoms with Crippen LogP contribution in [0.3, 0.4) is 0 Å². The Bertz CT molecular complexity index is 928. The number of benzene rings is 1. The van der Waals surface area contributed by atoms with Crippen LogP contribution in [0.5, 0.6) is 0 Å². The predicted octanol–water partition coefficient (Wildman–Crippen LogP) is 2.52. The number of aromatic nitrogens is 2. The first kappa shape index (κ1) is 17.5. The van der Waals surface area contributed by atoms with E-state index in [4.69, 9.17) is 11.6 Å². The average molecular weight is 379 g/mol. The van der Waals surface area contributed by atoms with Crippen molar-refractivity contribution in [3.8, 4) is 0 Å². The van der Waals surface area contributed by atoms with Crippen LogP contribution in [-0.2, 0) is 9.59 Å². The fourth-order valence-corrected chi connectivity index (χ4v) is 3.17. The molecule has 2 aromatic rings. The Hall–Kier alpha value is -2.32. The van der Waals surface area contributed by atoms with Crippen molar-refractivity contribution in [2.45, 2.75) is 24.4 Å². The lowest BCUT2D eigenvalue weighted by Gasteiger charge is -2.23. The predicted molar refractivity (Wildman–Crippen MR) is 97.4 cm³/mol. The van der Waals surface area contributed by atoms with Crippen LogP contribution in [0.2, 0.25) is 5.02 Å². The van der Waals surface area contributed by atoms with Crippen molar-refractivity contribution < 1.29 is 9.59 Å². The molecule has 0 unspecified atom stereocenters. The summed E-state index contributed by atoms with van der Waals surface area (Å²) in [4.78, 5) is 43.9. The maximum Gasteiger partial charge on any atom is 0.257 e. The van der Waals surface area contributed by atoms with Crippen LogP contribution >= 0.6 is 23.4 Å². The number of rotatable bonds is 3. The van der Waals surface area contributed by atoms with Crippen molar-refractivity contribution in [2.75, 3.05) is 16.9 Å². The third-order valence-corrected chi connectivity index (χ3v) is 4.71. The number of H-pyrrole nitrogens is 1. The molecule has 3 rings (SSSR count). The van der Waals surface area contributed by atoms with E-state index < -0.39 is 17.4 Å². The van der Waals surface area contributed by atoms with Gasteiger partial charge in [0, 0.05) is 17.1 Å². The van der Waals surface area contributed by atoms with Crippen LogP contribution in [0.4, 0.5) is 11.5 Å². The van der Waals surface area contributed by atoms with E-state index in [1.54, 1.807) is 24.5 Å². The monoisotopic (exact) mass is 378 g/mol. The average Bonchev–Trinajstić information content (AvgIpc) is 2.56. The molecule has 0 fully saturated rings. The lowest BCUT2D eigenvalue weighted by molar-refractivity contribution is -0.123. The third kappa shape index (κ3) is 3.54. The fourth-order valence-electron chi connectivity index (χ4n) is 2.62. The summed E-state index contributed by atoms with van der Waals surface area (Å²) in [5.74, 6) is -1.60. The van der Waals surface area contributed by atoms with Gasteiger partial charge in [0.1, 0.15) is 5.82 Å². The van der Waals surface area contributed by atoms with Crippen LogP contribution in [-0.4, -0.2) is 28.0 Å². The number of amides is 2. The maximum atomic E-state index is 12.7. The van der Waals surface area contributed by atoms with E-state index in [0.29, 0.717) is 15.9 Å². The lowest BCUT2D eigenvalue weighted by Crippen LogP contribution is -2.36. The summed E-state index contributed by atoms with van der Waals surface area (Å²) < 4.78 is 0. The summed E-state index contributed by atoms with van der Waals surface area (Å²) in [6.45, 7) is 1.83. The molecule has 7 nitrogen and oxygen atoms in total. The second kappa shape index (κ2) is 6.89. The normalized spacial score (nSPS) is 16.1. The standard InChI is InChI=1S/C16H15ClN4O3S/c1-7-3-4-8(17)5-10(7)18-14(23)9-6-11(22)19-13-12(9)15(24)21-16(20-13)25-2/h3-5,9H,6H2,1-2H3,(H,18,23)(H2,19,20,21,22,24)/t9-/m1/s1. The van der Waals surface area contributed by atoms with Gasteiger partial charge in [-0.2, -0.15) is 0 Å². The minimum Gasteiger partial charge on any atom is -0.325 e. The van der Waals surface area contributed by atoms with Gasteiger partial charge in [-0.1, -0.05) is 29.4 Å². The highest BCUT2D eigenvalue weighted by atomic mass is 35.5. The van der Waals surface area contributed by atoms with Crippen molar-refractivity contribution in [3.63, 3.8) is 0 Å². The molecule has 1 aromatic heterocycles. The second-order valence-corrected chi connectivity index (χ2v) is 6.82. The molecule has 3 N–H and O–H groups in total. The van der Waals surface area contributed by atoms with Gasteiger partial charge in [0.05, 0.1) is 11.5 Å². The minimum absolute atomic E-state index is 0.123. The maximum absolute atomic E-state index is 12.7. The van der Waals surface area contributed by atoms with Gasteiger partial charge in [0.25, 0.3) is 5.56 Å². The molecule has 130 valence electrons. The molecule has 0 radical (unpaired) electrons. The first-order valence-corrected chi connectivity index (χ1v) is 9.04. The molecule has 2 amide bonds. The van der Waals surface area contributed by atoms with Gasteiger partial charge in [-0.05, 0) is 30.9 Å². The number of nitrogens with zero attached hydrogens (tertiary/aromatic N) is 1. The van der Waals surface area contributed by atoms with Crippen molar-refractivity contribution in [1.29, 1.82) is 0 Å². The second-order valence-electron chi connectivity index (χ2n) is 5.59. The van der Waals surface area contributed by atoms with E-state index in [-0.39, 0.29) is 23.7 Å². The number of thioether (sulfide) groups is 1. The van der Waals surface area contributed by atoms with Crippen LogP contribution in [0.15, 0.2) is 28.2 Å². The van der Waals surface area contributed by atoms with Crippen LogP contribution in [0, 0.1) is 6.92 Å². The number of hydrogen-bond donors (Lipinski definition) is 3. The smallest absolute Gasteiger partial charge is 0.257 e. The zero-order chi connectivity index (χ0) is 18.1. The molecule has 0 bridgehead atoms. The molecular weight excluding hydrogens is 364 g/mol. The van der Waals surface area contributed by atoms with Crippen LogP contribution in [0.1, 0.15) is 23.5 Å². The zero-order valence-electron chi connectivity index (χ0n) is 13.5. The van der Waals surface area contributed by atoms with Crippen molar-refractivity contribution in [1.82, 2.24) is 9.97 Å². The SMILES string of the molecule is CSc1nc2c(c(=O)[nH]1)[C@H](C(=O)Nc1cc(Cl)ccc1C)CC(=O)N2. The number of hydrogen-bond acceptors (Lipinski definition) is 5. The van der Waals surface area contributed by atoms with E-state index in [9.17, 15) is 14.4 Å². The van der Waals surface area contributed by atoms with E-state index >= 15 is 0 Å². The number of nitrogens with one attached hydrogen (secondary N) is 3. The van der Waals surface area contributed by atoms with E-state index in [1.807, 2.05) is 6.92 Å². The number of aromatic amines is 1. The summed E-state index contributed by atoms with van der Waals surface area (Å²) in [5.41, 5.74) is 1.09. The summed E-state index contributed by atoms with van der Waals surface area (Å²) in [7, 11) is 0. The Kier molecular flexibility index (Phi) is 4.82. The third-order valence-electron chi connectivity index (χ3n) is 3.90. The molecule has 9 heteroatoms. The molecule has 2 heterocycles. The van der Waals surface area contributed by atoms with E-state index in [1.165, 1.54) is 11.8 Å². The van der Waals surface area contributed by atoms with Gasteiger partial charge in [-0.15, -0.1) is 0 Å². The Morgan fingerprint density at radius 2 is 2.16 bits per heavy atom. The Labute approximate surface area is 152 Å². The van der Waals surface area contributed by atoms with Gasteiger partial charge in [0.2, 0.25) is 11.8 Å². The first-order valence-electron chi connectivity index (χ1n) is 7.44. The lowest BCUT2D eigenvalue weighted by atomic mass is 9.92. The number of anilines is 2. The highest BCUT2D eigenvalue weighted by Crippen LogP contribution is 2.30. The van der Waals surface area contributed by atoms with Gasteiger partial charge < -0.3 is 15.6 Å². The first-order chi connectivity index (χ1) is 11.9.